The van der Waals surface area contributed by atoms with Gasteiger partial charge in [0, 0.05) is 16.9 Å². The summed E-state index contributed by atoms with van der Waals surface area (Å²) in [5.41, 5.74) is 6.21. The highest BCUT2D eigenvalue weighted by molar-refractivity contribution is 9.10. The van der Waals surface area contributed by atoms with Crippen molar-refractivity contribution in [2.75, 3.05) is 0 Å². The minimum Gasteiger partial charge on any atom is -0.271 e. The second-order valence-corrected chi connectivity index (χ2v) is 4.87. The Balaban J connectivity index is 2.40. The molecule has 1 aromatic heterocycles. The third kappa shape index (κ3) is 2.91. The van der Waals surface area contributed by atoms with Gasteiger partial charge < -0.3 is 0 Å². The molecule has 3 nitrogen and oxygen atoms in total. The molecule has 0 spiro atoms. The number of benzene rings is 1. The summed E-state index contributed by atoms with van der Waals surface area (Å²) in [4.78, 5) is 4.16. The molecule has 0 saturated carbocycles. The third-order valence-corrected chi connectivity index (χ3v) is 3.04. The van der Waals surface area contributed by atoms with Crippen LogP contribution in [0, 0.1) is 6.92 Å². The molecule has 1 atom stereocenters. The summed E-state index contributed by atoms with van der Waals surface area (Å²) in [6.07, 6.45) is 3.57. The fourth-order valence-corrected chi connectivity index (χ4v) is 2.20. The molecule has 17 heavy (non-hydrogen) atoms. The van der Waals surface area contributed by atoms with Gasteiger partial charge in [-0.05, 0) is 40.0 Å². The minimum absolute atomic E-state index is 0.0418. The fourth-order valence-electron chi connectivity index (χ4n) is 1.82. The number of hydrogen-bond donors (Lipinski definition) is 2. The van der Waals surface area contributed by atoms with Gasteiger partial charge in [-0.1, -0.05) is 29.8 Å². The number of pyridine rings is 1. The monoisotopic (exact) mass is 291 g/mol. The number of halogens is 1. The molecule has 0 amide bonds. The first-order chi connectivity index (χ1) is 8.20. The highest BCUT2D eigenvalue weighted by Crippen LogP contribution is 2.23. The van der Waals surface area contributed by atoms with Gasteiger partial charge in [0.15, 0.2) is 0 Å². The molecule has 1 heterocycles. The van der Waals surface area contributed by atoms with E-state index in [1.54, 1.807) is 6.20 Å². The molecule has 0 fully saturated rings. The molecule has 0 aliphatic carbocycles. The van der Waals surface area contributed by atoms with Crippen molar-refractivity contribution in [3.05, 3.63) is 63.9 Å². The van der Waals surface area contributed by atoms with Gasteiger partial charge in [-0.3, -0.25) is 10.8 Å². The van der Waals surface area contributed by atoms with Crippen molar-refractivity contribution in [1.29, 1.82) is 0 Å². The number of aryl methyl sites for hydroxylation is 1. The predicted molar refractivity (Wildman–Crippen MR) is 72.3 cm³/mol. The van der Waals surface area contributed by atoms with Gasteiger partial charge in [-0.2, -0.15) is 0 Å². The minimum atomic E-state index is -0.0418. The Morgan fingerprint density at radius 1 is 1.24 bits per heavy atom. The van der Waals surface area contributed by atoms with E-state index in [9.17, 15) is 0 Å². The van der Waals surface area contributed by atoms with Gasteiger partial charge in [-0.25, -0.2) is 5.43 Å². The number of nitrogens with two attached hydrogens (primary N) is 1. The Morgan fingerprint density at radius 2 is 2.06 bits per heavy atom. The van der Waals surface area contributed by atoms with Crippen molar-refractivity contribution in [2.24, 2.45) is 5.84 Å². The van der Waals surface area contributed by atoms with Crippen molar-refractivity contribution in [2.45, 2.75) is 13.0 Å². The van der Waals surface area contributed by atoms with E-state index in [-0.39, 0.29) is 6.04 Å². The lowest BCUT2D eigenvalue weighted by atomic mass is 9.99. The van der Waals surface area contributed by atoms with E-state index in [2.05, 4.69) is 51.5 Å². The van der Waals surface area contributed by atoms with Crippen LogP contribution in [0.15, 0.2) is 47.2 Å². The first-order valence-corrected chi connectivity index (χ1v) is 6.13. The molecule has 2 rings (SSSR count). The van der Waals surface area contributed by atoms with Crippen LogP contribution >= 0.6 is 15.9 Å². The van der Waals surface area contributed by atoms with E-state index in [4.69, 9.17) is 5.84 Å². The van der Waals surface area contributed by atoms with Gasteiger partial charge in [0.1, 0.15) is 0 Å². The van der Waals surface area contributed by atoms with Gasteiger partial charge in [0.2, 0.25) is 0 Å². The second-order valence-electron chi connectivity index (χ2n) is 3.95. The van der Waals surface area contributed by atoms with E-state index in [1.807, 2.05) is 18.3 Å². The van der Waals surface area contributed by atoms with Crippen molar-refractivity contribution in [1.82, 2.24) is 10.4 Å². The molecule has 0 radical (unpaired) electrons. The van der Waals surface area contributed by atoms with E-state index >= 15 is 0 Å². The summed E-state index contributed by atoms with van der Waals surface area (Å²) in [6, 6.07) is 10.2. The van der Waals surface area contributed by atoms with Crippen LogP contribution in [0.2, 0.25) is 0 Å². The first-order valence-electron chi connectivity index (χ1n) is 5.34. The predicted octanol–water partition coefficient (Wildman–Crippen LogP) is 2.71. The molecule has 0 bridgehead atoms. The molecule has 3 N–H and O–H groups in total. The number of aromatic nitrogens is 1. The van der Waals surface area contributed by atoms with Crippen molar-refractivity contribution < 1.29 is 0 Å². The van der Waals surface area contributed by atoms with Gasteiger partial charge in [-0.15, -0.1) is 0 Å². The number of rotatable bonds is 3. The van der Waals surface area contributed by atoms with Crippen molar-refractivity contribution >= 4 is 15.9 Å². The number of hydrazine groups is 1. The standard InChI is InChI=1S/C13H14BrN3/c1-9-3-2-4-10(5-9)13(17-15)11-6-12(14)8-16-7-11/h2-8,13,17H,15H2,1H3. The third-order valence-electron chi connectivity index (χ3n) is 2.60. The Bertz CT molecular complexity index is 468. The largest absolute Gasteiger partial charge is 0.271 e. The molecule has 1 unspecified atom stereocenters. The van der Waals surface area contributed by atoms with Gasteiger partial charge >= 0.3 is 0 Å². The smallest absolute Gasteiger partial charge is 0.0725 e. The fraction of sp³-hybridized carbons (Fsp3) is 0.154. The highest BCUT2D eigenvalue weighted by Gasteiger charge is 2.12. The SMILES string of the molecule is Cc1cccc(C(NN)c2cncc(Br)c2)c1. The summed E-state index contributed by atoms with van der Waals surface area (Å²) < 4.78 is 0.947. The zero-order valence-electron chi connectivity index (χ0n) is 9.52. The lowest BCUT2D eigenvalue weighted by molar-refractivity contribution is 0.634. The maximum atomic E-state index is 5.64. The van der Waals surface area contributed by atoms with Crippen molar-refractivity contribution in [3.63, 3.8) is 0 Å². The normalized spacial score (nSPS) is 12.4. The Kier molecular flexibility index (Phi) is 3.89. The average molecular weight is 292 g/mol. The second kappa shape index (κ2) is 5.40. The number of hydrogen-bond acceptors (Lipinski definition) is 3. The first kappa shape index (κ1) is 12.2. The van der Waals surface area contributed by atoms with Crippen LogP contribution in [0.1, 0.15) is 22.7 Å². The van der Waals surface area contributed by atoms with E-state index in [1.165, 1.54) is 5.56 Å². The summed E-state index contributed by atoms with van der Waals surface area (Å²) in [7, 11) is 0. The van der Waals surface area contributed by atoms with E-state index < -0.39 is 0 Å². The molecule has 2 aromatic rings. The lowest BCUT2D eigenvalue weighted by Crippen LogP contribution is -2.29. The van der Waals surface area contributed by atoms with Crippen LogP contribution in [0.3, 0.4) is 0 Å². The van der Waals surface area contributed by atoms with Gasteiger partial charge in [0.25, 0.3) is 0 Å². The zero-order chi connectivity index (χ0) is 12.3. The van der Waals surface area contributed by atoms with Gasteiger partial charge in [0.05, 0.1) is 6.04 Å². The summed E-state index contributed by atoms with van der Waals surface area (Å²) in [5.74, 6) is 5.64. The van der Waals surface area contributed by atoms with Crippen molar-refractivity contribution in [3.8, 4) is 0 Å². The topological polar surface area (TPSA) is 50.9 Å². The van der Waals surface area contributed by atoms with Crippen LogP contribution in [0.5, 0.6) is 0 Å². The van der Waals surface area contributed by atoms with E-state index in [0.717, 1.165) is 15.6 Å². The Labute approximate surface area is 109 Å². The number of nitrogens with zero attached hydrogens (tertiary/aromatic N) is 1. The number of nitrogens with one attached hydrogen (secondary N) is 1. The molecule has 4 heteroatoms. The highest BCUT2D eigenvalue weighted by atomic mass is 79.9. The van der Waals surface area contributed by atoms with Crippen LogP contribution in [0.25, 0.3) is 0 Å². The summed E-state index contributed by atoms with van der Waals surface area (Å²) >= 11 is 3.42. The molecular weight excluding hydrogens is 278 g/mol. The molecular formula is C13H14BrN3. The molecule has 0 saturated heterocycles. The molecule has 88 valence electrons. The zero-order valence-corrected chi connectivity index (χ0v) is 11.1. The lowest BCUT2D eigenvalue weighted by Gasteiger charge is -2.17. The average Bonchev–Trinajstić information content (AvgIpc) is 2.30. The quantitative estimate of drug-likeness (QED) is 0.675. The summed E-state index contributed by atoms with van der Waals surface area (Å²) in [6.45, 7) is 2.07. The Morgan fingerprint density at radius 3 is 2.71 bits per heavy atom. The van der Waals surface area contributed by atoms with Crippen LogP contribution in [0.4, 0.5) is 0 Å². The maximum absolute atomic E-state index is 5.64. The maximum Gasteiger partial charge on any atom is 0.0725 e. The van der Waals surface area contributed by atoms with Crippen LogP contribution < -0.4 is 11.3 Å². The molecule has 1 aromatic carbocycles. The van der Waals surface area contributed by atoms with Crippen LogP contribution in [-0.4, -0.2) is 4.98 Å². The summed E-state index contributed by atoms with van der Waals surface area (Å²) in [5, 5.41) is 0. The van der Waals surface area contributed by atoms with E-state index in [0.29, 0.717) is 0 Å². The molecule has 0 aliphatic heterocycles. The molecule has 0 aliphatic rings. The van der Waals surface area contributed by atoms with Crippen LogP contribution in [-0.2, 0) is 0 Å². The Hall–Kier alpha value is -1.23.